The zero-order valence-corrected chi connectivity index (χ0v) is 9.60. The van der Waals surface area contributed by atoms with Crippen molar-refractivity contribution in [3.05, 3.63) is 40.8 Å². The van der Waals surface area contributed by atoms with Crippen LogP contribution in [0.25, 0.3) is 21.8 Å². The van der Waals surface area contributed by atoms with E-state index in [1.165, 1.54) is 0 Å². The third-order valence-corrected chi connectivity index (χ3v) is 3.04. The Hall–Kier alpha value is -2.10. The number of fused-ring (bicyclic) bond motifs is 3. The number of para-hydroxylation sites is 1. The monoisotopic (exact) mass is 227 g/mol. The van der Waals surface area contributed by atoms with Gasteiger partial charge in [0.15, 0.2) is 0 Å². The maximum atomic E-state index is 11.9. The average Bonchev–Trinajstić information content (AvgIpc) is 2.66. The Balaban J connectivity index is 2.57. The molecule has 0 unspecified atom stereocenters. The summed E-state index contributed by atoms with van der Waals surface area (Å²) in [5.41, 5.74) is 1.90. The number of H-pyrrole nitrogens is 1. The molecule has 0 atom stereocenters. The summed E-state index contributed by atoms with van der Waals surface area (Å²) in [6.07, 6.45) is 2.76. The largest absolute Gasteiger partial charge is 0.339 e. The third-order valence-electron chi connectivity index (χ3n) is 3.04. The number of rotatable bonds is 2. The second-order valence-electron chi connectivity index (χ2n) is 4.13. The second-order valence-corrected chi connectivity index (χ2v) is 4.13. The zero-order chi connectivity index (χ0) is 11.8. The Bertz CT molecular complexity index is 739. The number of benzene rings is 1. The van der Waals surface area contributed by atoms with Crippen LogP contribution in [0.1, 0.15) is 13.3 Å². The predicted molar refractivity (Wildman–Crippen MR) is 68.2 cm³/mol. The van der Waals surface area contributed by atoms with Crippen LogP contribution in [-0.2, 0) is 6.54 Å². The lowest BCUT2D eigenvalue weighted by molar-refractivity contribution is 0.722. The first-order valence-electron chi connectivity index (χ1n) is 5.77. The van der Waals surface area contributed by atoms with E-state index in [9.17, 15) is 4.79 Å². The quantitative estimate of drug-likeness (QED) is 0.730. The van der Waals surface area contributed by atoms with E-state index in [1.54, 1.807) is 6.20 Å². The van der Waals surface area contributed by atoms with E-state index < -0.39 is 0 Å². The summed E-state index contributed by atoms with van der Waals surface area (Å²) in [7, 11) is 0. The van der Waals surface area contributed by atoms with Crippen molar-refractivity contribution in [2.75, 3.05) is 0 Å². The van der Waals surface area contributed by atoms with Gasteiger partial charge in [-0.15, -0.1) is 0 Å². The fourth-order valence-corrected chi connectivity index (χ4v) is 2.37. The molecule has 0 spiro atoms. The highest BCUT2D eigenvalue weighted by Crippen LogP contribution is 2.25. The highest BCUT2D eigenvalue weighted by molar-refractivity contribution is 6.07. The van der Waals surface area contributed by atoms with Crippen molar-refractivity contribution in [2.45, 2.75) is 19.9 Å². The molecule has 0 aliphatic rings. The molecule has 0 radical (unpaired) electrons. The maximum absolute atomic E-state index is 11.9. The fraction of sp³-hybridized carbons (Fsp3) is 0.231. The first kappa shape index (κ1) is 10.1. The van der Waals surface area contributed by atoms with Crippen molar-refractivity contribution in [3.8, 4) is 0 Å². The molecule has 2 aromatic heterocycles. The molecular formula is C13H13N3O. The van der Waals surface area contributed by atoms with Gasteiger partial charge in [0.05, 0.1) is 17.1 Å². The van der Waals surface area contributed by atoms with Gasteiger partial charge in [-0.2, -0.15) is 5.10 Å². The average molecular weight is 227 g/mol. The van der Waals surface area contributed by atoms with Gasteiger partial charge in [0, 0.05) is 17.4 Å². The number of aromatic nitrogens is 3. The van der Waals surface area contributed by atoms with Gasteiger partial charge in [0.25, 0.3) is 5.56 Å². The fourth-order valence-electron chi connectivity index (χ4n) is 2.37. The van der Waals surface area contributed by atoms with Gasteiger partial charge in [-0.1, -0.05) is 25.1 Å². The molecule has 0 fully saturated rings. The molecular weight excluding hydrogens is 214 g/mol. The molecule has 3 rings (SSSR count). The molecule has 4 nitrogen and oxygen atoms in total. The lowest BCUT2D eigenvalue weighted by atomic mass is 10.2. The zero-order valence-electron chi connectivity index (χ0n) is 9.60. The third kappa shape index (κ3) is 1.37. The molecule has 0 aliphatic carbocycles. The van der Waals surface area contributed by atoms with Crippen LogP contribution in [0.15, 0.2) is 35.3 Å². The van der Waals surface area contributed by atoms with Gasteiger partial charge in [0.1, 0.15) is 0 Å². The molecule has 0 saturated carbocycles. The van der Waals surface area contributed by atoms with Crippen molar-refractivity contribution in [1.82, 2.24) is 14.8 Å². The number of hydrogen-bond donors (Lipinski definition) is 1. The van der Waals surface area contributed by atoms with Gasteiger partial charge in [-0.05, 0) is 12.5 Å². The van der Waals surface area contributed by atoms with E-state index in [2.05, 4.69) is 21.7 Å². The highest BCUT2D eigenvalue weighted by atomic mass is 16.1. The molecule has 0 bridgehead atoms. The molecule has 4 heteroatoms. The summed E-state index contributed by atoms with van der Waals surface area (Å²) in [6, 6.07) is 7.98. The van der Waals surface area contributed by atoms with Gasteiger partial charge in [-0.25, -0.2) is 5.10 Å². The van der Waals surface area contributed by atoms with Crippen LogP contribution in [-0.4, -0.2) is 14.8 Å². The summed E-state index contributed by atoms with van der Waals surface area (Å²) in [5.74, 6) is 0. The second kappa shape index (κ2) is 3.73. The van der Waals surface area contributed by atoms with Crippen LogP contribution < -0.4 is 5.56 Å². The van der Waals surface area contributed by atoms with Crippen LogP contribution >= 0.6 is 0 Å². The first-order chi connectivity index (χ1) is 8.33. The van der Waals surface area contributed by atoms with E-state index in [0.29, 0.717) is 0 Å². The number of nitrogens with one attached hydrogen (secondary N) is 1. The van der Waals surface area contributed by atoms with Crippen molar-refractivity contribution >= 4 is 21.8 Å². The van der Waals surface area contributed by atoms with Gasteiger partial charge in [-0.3, -0.25) is 4.79 Å². The number of hydrogen-bond acceptors (Lipinski definition) is 2. The first-order valence-corrected chi connectivity index (χ1v) is 5.77. The van der Waals surface area contributed by atoms with Crippen molar-refractivity contribution in [1.29, 1.82) is 0 Å². The minimum atomic E-state index is -0.117. The minimum Gasteiger partial charge on any atom is -0.339 e. The normalized spacial score (nSPS) is 11.4. The smallest absolute Gasteiger partial charge is 0.274 e. The van der Waals surface area contributed by atoms with Crippen LogP contribution in [0.4, 0.5) is 0 Å². The van der Waals surface area contributed by atoms with Gasteiger partial charge in [0.2, 0.25) is 0 Å². The Morgan fingerprint density at radius 1 is 1.29 bits per heavy atom. The summed E-state index contributed by atoms with van der Waals surface area (Å²) < 4.78 is 2.16. The van der Waals surface area contributed by atoms with Crippen LogP contribution in [0.2, 0.25) is 0 Å². The van der Waals surface area contributed by atoms with E-state index in [0.717, 1.165) is 34.8 Å². The molecule has 0 amide bonds. The maximum Gasteiger partial charge on any atom is 0.274 e. The Kier molecular flexibility index (Phi) is 2.21. The molecule has 17 heavy (non-hydrogen) atoms. The van der Waals surface area contributed by atoms with Crippen molar-refractivity contribution in [3.63, 3.8) is 0 Å². The lowest BCUT2D eigenvalue weighted by Gasteiger charge is -2.03. The highest BCUT2D eigenvalue weighted by Gasteiger charge is 2.12. The van der Waals surface area contributed by atoms with E-state index in [1.807, 2.05) is 24.3 Å². The number of aromatic amines is 1. The molecule has 0 saturated heterocycles. The Morgan fingerprint density at radius 3 is 2.94 bits per heavy atom. The van der Waals surface area contributed by atoms with Crippen LogP contribution in [0.3, 0.4) is 0 Å². The van der Waals surface area contributed by atoms with E-state index >= 15 is 0 Å². The topological polar surface area (TPSA) is 50.7 Å². The molecule has 2 heterocycles. The summed E-state index contributed by atoms with van der Waals surface area (Å²) in [6.45, 7) is 3.02. The van der Waals surface area contributed by atoms with E-state index in [-0.39, 0.29) is 5.56 Å². The Labute approximate surface area is 97.9 Å². The summed E-state index contributed by atoms with van der Waals surface area (Å²) >= 11 is 0. The molecule has 86 valence electrons. The molecule has 3 aromatic rings. The van der Waals surface area contributed by atoms with Crippen molar-refractivity contribution < 1.29 is 0 Å². The minimum absolute atomic E-state index is 0.117. The lowest BCUT2D eigenvalue weighted by Crippen LogP contribution is -2.07. The van der Waals surface area contributed by atoms with Crippen molar-refractivity contribution in [2.24, 2.45) is 0 Å². The van der Waals surface area contributed by atoms with E-state index in [4.69, 9.17) is 0 Å². The van der Waals surface area contributed by atoms with Crippen LogP contribution in [0, 0.1) is 0 Å². The van der Waals surface area contributed by atoms with Gasteiger partial charge < -0.3 is 4.57 Å². The SMILES string of the molecule is CCCn1c2ccccc2c2c(=O)[nH]ncc21. The number of nitrogens with zero attached hydrogens (tertiary/aromatic N) is 2. The molecule has 1 aromatic carbocycles. The van der Waals surface area contributed by atoms with Crippen LogP contribution in [0.5, 0.6) is 0 Å². The molecule has 0 aliphatic heterocycles. The molecule has 1 N–H and O–H groups in total. The standard InChI is InChI=1S/C13H13N3O/c1-2-7-16-10-6-4-3-5-9(10)12-11(16)8-14-15-13(12)17/h3-6,8H,2,7H2,1H3,(H,15,17). The summed E-state index contributed by atoms with van der Waals surface area (Å²) in [5, 5.41) is 8.13. The number of aryl methyl sites for hydroxylation is 1. The Morgan fingerprint density at radius 2 is 2.12 bits per heavy atom. The van der Waals surface area contributed by atoms with Gasteiger partial charge >= 0.3 is 0 Å². The summed E-state index contributed by atoms with van der Waals surface area (Å²) in [4.78, 5) is 11.9. The predicted octanol–water partition coefficient (Wildman–Crippen LogP) is 2.29.